The van der Waals surface area contributed by atoms with Crippen LogP contribution in [0.5, 0.6) is 0 Å². The summed E-state index contributed by atoms with van der Waals surface area (Å²) in [5, 5.41) is 3.95. The van der Waals surface area contributed by atoms with Crippen molar-refractivity contribution in [1.82, 2.24) is 24.8 Å². The second-order valence-electron chi connectivity index (χ2n) is 6.11. The molecule has 0 spiro atoms. The van der Waals surface area contributed by atoms with Gasteiger partial charge in [0, 0.05) is 36.7 Å². The molecule has 0 saturated carbocycles. The van der Waals surface area contributed by atoms with E-state index in [1.54, 1.807) is 12.5 Å². The summed E-state index contributed by atoms with van der Waals surface area (Å²) in [6.45, 7) is 8.78. The van der Waals surface area contributed by atoms with Crippen LogP contribution in [0.1, 0.15) is 26.7 Å². The Hall–Kier alpha value is -2.63. The molecule has 120 valence electrons. The summed E-state index contributed by atoms with van der Waals surface area (Å²) >= 11 is 0. The van der Waals surface area contributed by atoms with E-state index in [2.05, 4.69) is 26.8 Å². The summed E-state index contributed by atoms with van der Waals surface area (Å²) in [6.07, 6.45) is 6.60. The quantitative estimate of drug-likeness (QED) is 0.735. The molecule has 1 amide bonds. The van der Waals surface area contributed by atoms with E-state index in [1.807, 2.05) is 30.7 Å². The minimum absolute atomic E-state index is 0.0838. The lowest BCUT2D eigenvalue weighted by Crippen LogP contribution is -2.25. The summed E-state index contributed by atoms with van der Waals surface area (Å²) in [6, 6.07) is 1.99. The number of nitrogens with one attached hydrogen (secondary N) is 2. The monoisotopic (exact) mass is 311 g/mol. The minimum atomic E-state index is 0.0838. The van der Waals surface area contributed by atoms with Gasteiger partial charge >= 0.3 is 0 Å². The van der Waals surface area contributed by atoms with E-state index < -0.39 is 0 Å². The van der Waals surface area contributed by atoms with Crippen molar-refractivity contribution in [2.45, 2.75) is 26.7 Å². The van der Waals surface area contributed by atoms with Crippen molar-refractivity contribution in [3.05, 3.63) is 31.4 Å². The second kappa shape index (κ2) is 6.24. The summed E-state index contributed by atoms with van der Waals surface area (Å²) in [4.78, 5) is 23.5. The van der Waals surface area contributed by atoms with Crippen molar-refractivity contribution < 1.29 is 4.79 Å². The third-order valence-electron chi connectivity index (χ3n) is 3.76. The molecule has 3 rings (SSSR count). The standard InChI is InChI=1S/C17H21N5O/c1-11(2)8-15(23)18-6-4-12(3)22-10-21-14-9-20-17-13(16(14)22)5-7-19-17/h5,7,9-11H,3-4,6,8H2,1-2H3,(H,18,23)(H,19,20). The molecular formula is C17H21N5O. The van der Waals surface area contributed by atoms with Gasteiger partial charge in [0.25, 0.3) is 0 Å². The van der Waals surface area contributed by atoms with Crippen LogP contribution in [0.2, 0.25) is 0 Å². The van der Waals surface area contributed by atoms with Crippen molar-refractivity contribution >= 4 is 33.7 Å². The number of hydrogen-bond donors (Lipinski definition) is 2. The molecule has 0 fully saturated rings. The number of nitrogens with zero attached hydrogens (tertiary/aromatic N) is 3. The van der Waals surface area contributed by atoms with Gasteiger partial charge in [-0.2, -0.15) is 0 Å². The highest BCUT2D eigenvalue weighted by molar-refractivity contribution is 6.02. The van der Waals surface area contributed by atoms with Gasteiger partial charge in [0.15, 0.2) is 0 Å². The highest BCUT2D eigenvalue weighted by atomic mass is 16.1. The number of aromatic amines is 1. The highest BCUT2D eigenvalue weighted by Gasteiger charge is 2.11. The topological polar surface area (TPSA) is 75.6 Å². The predicted molar refractivity (Wildman–Crippen MR) is 91.8 cm³/mol. The van der Waals surface area contributed by atoms with Crippen LogP contribution in [-0.2, 0) is 4.79 Å². The Bertz CT molecular complexity index is 858. The Morgan fingerprint density at radius 2 is 2.26 bits per heavy atom. The fraction of sp³-hybridized carbons (Fsp3) is 0.353. The summed E-state index contributed by atoms with van der Waals surface area (Å²) in [7, 11) is 0. The van der Waals surface area contributed by atoms with Crippen molar-refractivity contribution in [3.8, 4) is 0 Å². The third kappa shape index (κ3) is 3.11. The number of carbonyl (C=O) groups excluding carboxylic acids is 1. The molecule has 2 N–H and O–H groups in total. The molecular weight excluding hydrogens is 290 g/mol. The maximum Gasteiger partial charge on any atom is 0.220 e. The normalized spacial score (nSPS) is 11.4. The molecule has 23 heavy (non-hydrogen) atoms. The zero-order chi connectivity index (χ0) is 16.4. The van der Waals surface area contributed by atoms with E-state index in [9.17, 15) is 4.79 Å². The van der Waals surface area contributed by atoms with Crippen LogP contribution in [0, 0.1) is 5.92 Å². The first-order valence-electron chi connectivity index (χ1n) is 7.80. The first kappa shape index (κ1) is 15.3. The van der Waals surface area contributed by atoms with Gasteiger partial charge in [0.05, 0.1) is 11.7 Å². The zero-order valence-corrected chi connectivity index (χ0v) is 13.5. The Kier molecular flexibility index (Phi) is 4.14. The van der Waals surface area contributed by atoms with Gasteiger partial charge < -0.3 is 14.9 Å². The summed E-state index contributed by atoms with van der Waals surface area (Å²) < 4.78 is 1.97. The number of H-pyrrole nitrogens is 1. The number of pyridine rings is 1. The molecule has 3 aromatic heterocycles. The van der Waals surface area contributed by atoms with Gasteiger partial charge in [-0.25, -0.2) is 9.97 Å². The first-order chi connectivity index (χ1) is 11.1. The van der Waals surface area contributed by atoms with E-state index in [-0.39, 0.29) is 5.91 Å². The third-order valence-corrected chi connectivity index (χ3v) is 3.76. The molecule has 3 heterocycles. The lowest BCUT2D eigenvalue weighted by atomic mass is 10.1. The molecule has 0 aliphatic carbocycles. The maximum atomic E-state index is 11.7. The Morgan fingerprint density at radius 1 is 1.43 bits per heavy atom. The van der Waals surface area contributed by atoms with Crippen molar-refractivity contribution in [3.63, 3.8) is 0 Å². The van der Waals surface area contributed by atoms with E-state index >= 15 is 0 Å². The molecule has 0 atom stereocenters. The predicted octanol–water partition coefficient (Wildman–Crippen LogP) is 2.94. The lowest BCUT2D eigenvalue weighted by molar-refractivity contribution is -0.121. The fourth-order valence-corrected chi connectivity index (χ4v) is 2.66. The Balaban J connectivity index is 1.74. The Morgan fingerprint density at radius 3 is 3.04 bits per heavy atom. The molecule has 0 aromatic carbocycles. The van der Waals surface area contributed by atoms with Gasteiger partial charge in [-0.1, -0.05) is 20.4 Å². The molecule has 0 radical (unpaired) electrons. The van der Waals surface area contributed by atoms with Crippen LogP contribution in [-0.4, -0.2) is 32.0 Å². The number of carbonyl (C=O) groups is 1. The molecule has 6 nitrogen and oxygen atoms in total. The van der Waals surface area contributed by atoms with E-state index in [4.69, 9.17) is 0 Å². The van der Waals surface area contributed by atoms with Crippen LogP contribution >= 0.6 is 0 Å². The van der Waals surface area contributed by atoms with Gasteiger partial charge in [0.2, 0.25) is 5.91 Å². The van der Waals surface area contributed by atoms with Crippen molar-refractivity contribution in [1.29, 1.82) is 0 Å². The van der Waals surface area contributed by atoms with Crippen LogP contribution in [0.25, 0.3) is 27.8 Å². The molecule has 3 aromatic rings. The molecule has 0 aliphatic heterocycles. The largest absolute Gasteiger partial charge is 0.356 e. The number of imidazole rings is 1. The Labute approximate surface area is 134 Å². The molecule has 6 heteroatoms. The van der Waals surface area contributed by atoms with E-state index in [1.165, 1.54) is 0 Å². The number of aromatic nitrogens is 4. The van der Waals surface area contributed by atoms with Gasteiger partial charge in [-0.05, 0) is 12.0 Å². The van der Waals surface area contributed by atoms with Gasteiger partial charge in [-0.15, -0.1) is 0 Å². The molecule has 0 bridgehead atoms. The summed E-state index contributed by atoms with van der Waals surface area (Å²) in [5.74, 6) is 0.450. The SMILES string of the molecule is C=C(CCNC(=O)CC(C)C)n1cnc2cnc3[nH]ccc3c21. The average Bonchev–Trinajstić information content (AvgIpc) is 3.11. The number of hydrogen-bond acceptors (Lipinski definition) is 3. The molecule has 0 aliphatic rings. The average molecular weight is 311 g/mol. The summed E-state index contributed by atoms with van der Waals surface area (Å²) in [5.41, 5.74) is 3.56. The first-order valence-corrected chi connectivity index (χ1v) is 7.80. The van der Waals surface area contributed by atoms with Crippen LogP contribution in [0.4, 0.5) is 0 Å². The highest BCUT2D eigenvalue weighted by Crippen LogP contribution is 2.24. The van der Waals surface area contributed by atoms with Crippen LogP contribution in [0.3, 0.4) is 0 Å². The lowest BCUT2D eigenvalue weighted by Gasteiger charge is -2.10. The maximum absolute atomic E-state index is 11.7. The van der Waals surface area contributed by atoms with Crippen molar-refractivity contribution in [2.75, 3.05) is 6.54 Å². The minimum Gasteiger partial charge on any atom is -0.356 e. The van der Waals surface area contributed by atoms with Crippen LogP contribution < -0.4 is 5.32 Å². The van der Waals surface area contributed by atoms with Crippen molar-refractivity contribution in [2.24, 2.45) is 5.92 Å². The van der Waals surface area contributed by atoms with E-state index in [0.717, 1.165) is 27.8 Å². The molecule has 0 unspecified atom stereocenters. The van der Waals surface area contributed by atoms with E-state index in [0.29, 0.717) is 25.3 Å². The fourth-order valence-electron chi connectivity index (χ4n) is 2.66. The van der Waals surface area contributed by atoms with Gasteiger partial charge in [-0.3, -0.25) is 4.79 Å². The van der Waals surface area contributed by atoms with Gasteiger partial charge in [0.1, 0.15) is 17.5 Å². The zero-order valence-electron chi connectivity index (χ0n) is 13.5. The smallest absolute Gasteiger partial charge is 0.220 e. The number of rotatable bonds is 6. The number of fused-ring (bicyclic) bond motifs is 3. The van der Waals surface area contributed by atoms with Crippen LogP contribution in [0.15, 0.2) is 31.4 Å². The molecule has 0 saturated heterocycles. The number of amides is 1. The second-order valence-corrected chi connectivity index (χ2v) is 6.11.